The lowest BCUT2D eigenvalue weighted by Gasteiger charge is -2.11. The number of anilines is 2. The van der Waals surface area contributed by atoms with Gasteiger partial charge in [0.2, 0.25) is 0 Å². The van der Waals surface area contributed by atoms with Gasteiger partial charge < -0.3 is 16.0 Å². The summed E-state index contributed by atoms with van der Waals surface area (Å²) in [4.78, 5) is 14.7. The fourth-order valence-corrected chi connectivity index (χ4v) is 2.46. The van der Waals surface area contributed by atoms with Gasteiger partial charge in [0, 0.05) is 28.3 Å². The number of nitrogens with two attached hydrogens (primary N) is 1. The topological polar surface area (TPSA) is 70.9 Å². The maximum atomic E-state index is 11.4. The molecule has 0 bridgehead atoms. The summed E-state index contributed by atoms with van der Waals surface area (Å²) in [5.74, 6) is -0.423. The summed E-state index contributed by atoms with van der Waals surface area (Å²) in [6.07, 6.45) is 0. The van der Waals surface area contributed by atoms with Crippen LogP contribution in [0, 0.1) is 6.92 Å². The summed E-state index contributed by atoms with van der Waals surface area (Å²) in [6, 6.07) is 19.7. The van der Waals surface area contributed by atoms with Gasteiger partial charge in [-0.25, -0.2) is 0 Å². The van der Waals surface area contributed by atoms with Crippen LogP contribution in [0.1, 0.15) is 16.1 Å². The molecule has 22 heavy (non-hydrogen) atoms. The monoisotopic (exact) mass is 291 g/mol. The fraction of sp³-hybridized carbons (Fsp3) is 0.0556. The first-order valence-corrected chi connectivity index (χ1v) is 7.06. The highest BCUT2D eigenvalue weighted by Crippen LogP contribution is 2.30. The number of H-pyrrole nitrogens is 1. The third-order valence-electron chi connectivity index (χ3n) is 3.55. The number of primary amides is 1. The van der Waals surface area contributed by atoms with Crippen LogP contribution in [-0.4, -0.2) is 10.9 Å². The standard InChI is InChI=1S/C18H17N3O/c1-12-15(18(19)22)11-17(20-12)14-9-5-6-10-16(14)21-13-7-3-2-4-8-13/h2-11,20-21H,1H3,(H2,19,22). The number of benzene rings is 2. The van der Waals surface area contributed by atoms with Crippen LogP contribution < -0.4 is 11.1 Å². The Morgan fingerprint density at radius 3 is 2.41 bits per heavy atom. The number of rotatable bonds is 4. The molecule has 1 aromatic heterocycles. The van der Waals surface area contributed by atoms with Gasteiger partial charge in [0.15, 0.2) is 0 Å². The van der Waals surface area contributed by atoms with Crippen LogP contribution in [-0.2, 0) is 0 Å². The van der Waals surface area contributed by atoms with E-state index in [9.17, 15) is 4.79 Å². The number of aromatic nitrogens is 1. The zero-order valence-electron chi connectivity index (χ0n) is 12.3. The highest BCUT2D eigenvalue weighted by Gasteiger charge is 2.13. The minimum absolute atomic E-state index is 0.423. The predicted octanol–water partition coefficient (Wildman–Crippen LogP) is 3.83. The van der Waals surface area contributed by atoms with Gasteiger partial charge in [-0.3, -0.25) is 4.79 Å². The van der Waals surface area contributed by atoms with E-state index in [0.717, 1.165) is 28.3 Å². The maximum Gasteiger partial charge on any atom is 0.250 e. The number of carbonyl (C=O) groups is 1. The van der Waals surface area contributed by atoms with Crippen molar-refractivity contribution in [2.45, 2.75) is 6.92 Å². The Hall–Kier alpha value is -3.01. The average molecular weight is 291 g/mol. The molecule has 0 saturated heterocycles. The zero-order chi connectivity index (χ0) is 15.5. The highest BCUT2D eigenvalue weighted by atomic mass is 16.1. The Morgan fingerprint density at radius 2 is 1.73 bits per heavy atom. The SMILES string of the molecule is Cc1[nH]c(-c2ccccc2Nc2ccccc2)cc1C(N)=O. The van der Waals surface area contributed by atoms with Gasteiger partial charge in [0.25, 0.3) is 5.91 Å². The number of nitrogens with one attached hydrogen (secondary N) is 2. The van der Waals surface area contributed by atoms with E-state index in [2.05, 4.69) is 10.3 Å². The number of para-hydroxylation sites is 2. The van der Waals surface area contributed by atoms with Crippen LogP contribution in [0.25, 0.3) is 11.3 Å². The van der Waals surface area contributed by atoms with Crippen molar-refractivity contribution in [2.24, 2.45) is 5.73 Å². The Bertz CT molecular complexity index is 806. The lowest BCUT2D eigenvalue weighted by atomic mass is 10.1. The molecule has 4 N–H and O–H groups in total. The number of carbonyl (C=O) groups excluding carboxylic acids is 1. The second kappa shape index (κ2) is 5.77. The lowest BCUT2D eigenvalue weighted by molar-refractivity contribution is 0.1000. The van der Waals surface area contributed by atoms with Crippen LogP contribution in [0.15, 0.2) is 60.7 Å². The molecule has 0 radical (unpaired) electrons. The number of aryl methyl sites for hydroxylation is 1. The molecule has 0 unspecified atom stereocenters. The van der Waals surface area contributed by atoms with Crippen molar-refractivity contribution >= 4 is 17.3 Å². The summed E-state index contributed by atoms with van der Waals surface area (Å²) >= 11 is 0. The summed E-state index contributed by atoms with van der Waals surface area (Å²) in [6.45, 7) is 1.84. The first-order valence-electron chi connectivity index (χ1n) is 7.06. The second-order valence-corrected chi connectivity index (χ2v) is 5.12. The van der Waals surface area contributed by atoms with Crippen molar-refractivity contribution in [1.82, 2.24) is 4.98 Å². The number of hydrogen-bond donors (Lipinski definition) is 3. The van der Waals surface area contributed by atoms with Crippen LogP contribution in [0.4, 0.5) is 11.4 Å². The van der Waals surface area contributed by atoms with E-state index >= 15 is 0 Å². The third-order valence-corrected chi connectivity index (χ3v) is 3.55. The lowest BCUT2D eigenvalue weighted by Crippen LogP contribution is -2.10. The number of hydrogen-bond acceptors (Lipinski definition) is 2. The van der Waals surface area contributed by atoms with Gasteiger partial charge in [-0.1, -0.05) is 36.4 Å². The fourth-order valence-electron chi connectivity index (χ4n) is 2.46. The molecule has 4 heteroatoms. The summed E-state index contributed by atoms with van der Waals surface area (Å²) in [5.41, 5.74) is 10.5. The van der Waals surface area contributed by atoms with Crippen molar-refractivity contribution in [3.63, 3.8) is 0 Å². The van der Waals surface area contributed by atoms with Crippen molar-refractivity contribution in [3.8, 4) is 11.3 Å². The van der Waals surface area contributed by atoms with Gasteiger partial charge in [-0.15, -0.1) is 0 Å². The van der Waals surface area contributed by atoms with Crippen LogP contribution in [0.3, 0.4) is 0 Å². The molecule has 0 spiro atoms. The van der Waals surface area contributed by atoms with E-state index < -0.39 is 5.91 Å². The summed E-state index contributed by atoms with van der Waals surface area (Å²) < 4.78 is 0. The third kappa shape index (κ3) is 2.72. The molecular formula is C18H17N3O. The molecule has 0 atom stereocenters. The highest BCUT2D eigenvalue weighted by molar-refractivity contribution is 5.96. The van der Waals surface area contributed by atoms with Gasteiger partial charge in [-0.05, 0) is 31.2 Å². The summed E-state index contributed by atoms with van der Waals surface area (Å²) in [7, 11) is 0. The molecule has 0 aliphatic carbocycles. The zero-order valence-corrected chi connectivity index (χ0v) is 12.3. The minimum Gasteiger partial charge on any atom is -0.366 e. The number of amides is 1. The average Bonchev–Trinajstić information content (AvgIpc) is 2.91. The van der Waals surface area contributed by atoms with Gasteiger partial charge in [0.05, 0.1) is 5.56 Å². The molecule has 3 aromatic rings. The van der Waals surface area contributed by atoms with Crippen molar-refractivity contribution in [3.05, 3.63) is 71.9 Å². The number of aromatic amines is 1. The quantitative estimate of drug-likeness (QED) is 0.683. The first-order chi connectivity index (χ1) is 10.6. The molecule has 2 aromatic carbocycles. The maximum absolute atomic E-state index is 11.4. The second-order valence-electron chi connectivity index (χ2n) is 5.12. The molecule has 1 heterocycles. The molecule has 0 aliphatic heterocycles. The van der Waals surface area contributed by atoms with Crippen LogP contribution in [0.2, 0.25) is 0 Å². The normalized spacial score (nSPS) is 10.4. The van der Waals surface area contributed by atoms with Crippen molar-refractivity contribution in [2.75, 3.05) is 5.32 Å². The molecule has 1 amide bonds. The van der Waals surface area contributed by atoms with Gasteiger partial charge in [0.1, 0.15) is 0 Å². The Morgan fingerprint density at radius 1 is 1.05 bits per heavy atom. The molecule has 4 nitrogen and oxygen atoms in total. The molecule has 0 saturated carbocycles. The van der Waals surface area contributed by atoms with E-state index in [1.165, 1.54) is 0 Å². The largest absolute Gasteiger partial charge is 0.366 e. The van der Waals surface area contributed by atoms with Crippen LogP contribution >= 0.6 is 0 Å². The smallest absolute Gasteiger partial charge is 0.250 e. The van der Waals surface area contributed by atoms with Gasteiger partial charge in [-0.2, -0.15) is 0 Å². The molecule has 0 fully saturated rings. The predicted molar refractivity (Wildman–Crippen MR) is 89.2 cm³/mol. The Kier molecular flexibility index (Phi) is 3.66. The molecular weight excluding hydrogens is 274 g/mol. The molecule has 0 aliphatic rings. The Balaban J connectivity index is 2.01. The van der Waals surface area contributed by atoms with Crippen LogP contribution in [0.5, 0.6) is 0 Å². The van der Waals surface area contributed by atoms with Crippen molar-refractivity contribution in [1.29, 1.82) is 0 Å². The van der Waals surface area contributed by atoms with Crippen molar-refractivity contribution < 1.29 is 4.79 Å². The molecule has 3 rings (SSSR count). The first kappa shape index (κ1) is 13.9. The van der Waals surface area contributed by atoms with E-state index in [0.29, 0.717) is 5.56 Å². The van der Waals surface area contributed by atoms with E-state index in [4.69, 9.17) is 5.73 Å². The van der Waals surface area contributed by atoms with E-state index in [1.807, 2.05) is 61.5 Å². The Labute approximate surface area is 129 Å². The van der Waals surface area contributed by atoms with Gasteiger partial charge >= 0.3 is 0 Å². The minimum atomic E-state index is -0.423. The summed E-state index contributed by atoms with van der Waals surface area (Å²) in [5, 5.41) is 3.39. The van der Waals surface area contributed by atoms with E-state index in [-0.39, 0.29) is 0 Å². The van der Waals surface area contributed by atoms with E-state index in [1.54, 1.807) is 6.07 Å². The molecule has 110 valence electrons.